The van der Waals surface area contributed by atoms with Gasteiger partial charge in [-0.15, -0.1) is 11.8 Å². The number of thioether (sulfide) groups is 1. The van der Waals surface area contributed by atoms with Crippen molar-refractivity contribution in [1.82, 2.24) is 5.32 Å². The molecule has 0 radical (unpaired) electrons. The van der Waals surface area contributed by atoms with Gasteiger partial charge in [0.1, 0.15) is 6.04 Å². The fourth-order valence-electron chi connectivity index (χ4n) is 1.95. The Morgan fingerprint density at radius 1 is 1.60 bits per heavy atom. The standard InChI is InChI=1S/C11H21NO2S/c1-3-5-6-8(4-2)10-12-9(7-15-10)11(13)14/h8-10,12H,3-7H2,1-2H3,(H,13,14)/t8-,9-,10+/m0/s1. The minimum atomic E-state index is -0.713. The molecule has 2 N–H and O–H groups in total. The molecule has 1 aliphatic heterocycles. The van der Waals surface area contributed by atoms with Crippen LogP contribution in [0.1, 0.15) is 39.5 Å². The normalized spacial score (nSPS) is 27.9. The maximum absolute atomic E-state index is 10.8. The Kier molecular flexibility index (Phi) is 5.47. The number of carboxylic acid groups (broad SMARTS) is 1. The van der Waals surface area contributed by atoms with Crippen LogP contribution in [0.5, 0.6) is 0 Å². The second-order valence-corrected chi connectivity index (χ2v) is 5.30. The fourth-order valence-corrected chi connectivity index (χ4v) is 3.44. The van der Waals surface area contributed by atoms with Crippen LogP contribution in [0, 0.1) is 5.92 Å². The highest BCUT2D eigenvalue weighted by Crippen LogP contribution is 2.30. The minimum Gasteiger partial charge on any atom is -0.480 e. The van der Waals surface area contributed by atoms with E-state index in [1.807, 2.05) is 0 Å². The Morgan fingerprint density at radius 3 is 2.80 bits per heavy atom. The molecule has 0 spiro atoms. The van der Waals surface area contributed by atoms with E-state index < -0.39 is 5.97 Å². The van der Waals surface area contributed by atoms with Crippen LogP contribution < -0.4 is 5.32 Å². The van der Waals surface area contributed by atoms with Gasteiger partial charge in [-0.2, -0.15) is 0 Å². The van der Waals surface area contributed by atoms with Crippen molar-refractivity contribution >= 4 is 17.7 Å². The molecule has 1 saturated heterocycles. The van der Waals surface area contributed by atoms with Crippen LogP contribution in [0.15, 0.2) is 0 Å². The Labute approximate surface area is 96.0 Å². The van der Waals surface area contributed by atoms with E-state index in [1.165, 1.54) is 19.3 Å². The van der Waals surface area contributed by atoms with Gasteiger partial charge in [-0.05, 0) is 12.3 Å². The zero-order chi connectivity index (χ0) is 11.3. The number of hydrogen-bond donors (Lipinski definition) is 2. The molecule has 3 nitrogen and oxygen atoms in total. The lowest BCUT2D eigenvalue weighted by molar-refractivity contribution is -0.138. The maximum atomic E-state index is 10.8. The summed E-state index contributed by atoms with van der Waals surface area (Å²) in [7, 11) is 0. The predicted molar refractivity (Wildman–Crippen MR) is 64.1 cm³/mol. The zero-order valence-corrected chi connectivity index (χ0v) is 10.3. The average molecular weight is 231 g/mol. The molecule has 0 unspecified atom stereocenters. The van der Waals surface area contributed by atoms with Crippen LogP contribution in [0.25, 0.3) is 0 Å². The second kappa shape index (κ2) is 6.38. The Hall–Kier alpha value is -0.220. The smallest absolute Gasteiger partial charge is 0.321 e. The van der Waals surface area contributed by atoms with Crippen LogP contribution in [0.3, 0.4) is 0 Å². The number of nitrogens with one attached hydrogen (secondary N) is 1. The van der Waals surface area contributed by atoms with Gasteiger partial charge in [-0.3, -0.25) is 10.1 Å². The molecule has 88 valence electrons. The number of unbranched alkanes of at least 4 members (excludes halogenated alkanes) is 1. The highest BCUT2D eigenvalue weighted by molar-refractivity contribution is 8.00. The number of hydrogen-bond acceptors (Lipinski definition) is 3. The first-order valence-electron chi connectivity index (χ1n) is 5.79. The summed E-state index contributed by atoms with van der Waals surface area (Å²) < 4.78 is 0. The van der Waals surface area contributed by atoms with E-state index in [0.717, 1.165) is 6.42 Å². The molecule has 1 fully saturated rings. The predicted octanol–water partition coefficient (Wildman–Crippen LogP) is 2.32. The van der Waals surface area contributed by atoms with E-state index in [4.69, 9.17) is 5.11 Å². The Bertz CT molecular complexity index is 211. The highest BCUT2D eigenvalue weighted by Gasteiger charge is 2.33. The quantitative estimate of drug-likeness (QED) is 0.736. The molecule has 0 aromatic rings. The van der Waals surface area contributed by atoms with Crippen molar-refractivity contribution in [1.29, 1.82) is 0 Å². The minimum absolute atomic E-state index is 0.337. The molecule has 0 amide bonds. The molecule has 1 rings (SSSR count). The summed E-state index contributed by atoms with van der Waals surface area (Å²) in [4.78, 5) is 10.8. The van der Waals surface area contributed by atoms with Gasteiger partial charge in [0.05, 0.1) is 5.37 Å². The number of rotatable bonds is 6. The molecule has 0 aliphatic carbocycles. The molecule has 3 atom stereocenters. The van der Waals surface area contributed by atoms with Crippen molar-refractivity contribution in [3.63, 3.8) is 0 Å². The third-order valence-corrected chi connectivity index (χ3v) is 4.39. The molecule has 0 saturated carbocycles. The van der Waals surface area contributed by atoms with Crippen molar-refractivity contribution in [2.45, 2.75) is 50.9 Å². The summed E-state index contributed by atoms with van der Waals surface area (Å²) in [6, 6.07) is -0.337. The second-order valence-electron chi connectivity index (χ2n) is 4.12. The van der Waals surface area contributed by atoms with Gasteiger partial charge in [0.15, 0.2) is 0 Å². The van der Waals surface area contributed by atoms with Gasteiger partial charge < -0.3 is 5.11 Å². The van der Waals surface area contributed by atoms with Crippen LogP contribution in [-0.2, 0) is 4.79 Å². The van der Waals surface area contributed by atoms with Crippen molar-refractivity contribution in [3.8, 4) is 0 Å². The topological polar surface area (TPSA) is 49.3 Å². The van der Waals surface area contributed by atoms with Gasteiger partial charge in [0.2, 0.25) is 0 Å². The first-order chi connectivity index (χ1) is 7.19. The van der Waals surface area contributed by atoms with E-state index in [-0.39, 0.29) is 6.04 Å². The lowest BCUT2D eigenvalue weighted by Crippen LogP contribution is -2.39. The van der Waals surface area contributed by atoms with Gasteiger partial charge in [-0.25, -0.2) is 0 Å². The number of carbonyl (C=O) groups is 1. The maximum Gasteiger partial charge on any atom is 0.321 e. The van der Waals surface area contributed by atoms with Crippen molar-refractivity contribution in [2.75, 3.05) is 5.75 Å². The number of aliphatic carboxylic acids is 1. The largest absolute Gasteiger partial charge is 0.480 e. The van der Waals surface area contributed by atoms with Crippen molar-refractivity contribution in [3.05, 3.63) is 0 Å². The molecule has 0 bridgehead atoms. The van der Waals surface area contributed by atoms with E-state index in [2.05, 4.69) is 19.2 Å². The van der Waals surface area contributed by atoms with E-state index >= 15 is 0 Å². The zero-order valence-electron chi connectivity index (χ0n) is 9.53. The van der Waals surface area contributed by atoms with Crippen molar-refractivity contribution < 1.29 is 9.90 Å². The summed E-state index contributed by atoms with van der Waals surface area (Å²) in [6.07, 6.45) is 4.81. The molecular formula is C11H21NO2S. The molecule has 4 heteroatoms. The van der Waals surface area contributed by atoms with Crippen LogP contribution in [0.2, 0.25) is 0 Å². The summed E-state index contributed by atoms with van der Waals surface area (Å²) in [5.41, 5.74) is 0. The summed E-state index contributed by atoms with van der Waals surface area (Å²) in [5, 5.41) is 12.4. The SMILES string of the molecule is CCCC[C@H](CC)[C@@H]1N[C@H](C(=O)O)CS1. The van der Waals surface area contributed by atoms with Crippen LogP contribution in [-0.4, -0.2) is 28.2 Å². The molecule has 15 heavy (non-hydrogen) atoms. The third kappa shape index (κ3) is 3.68. The summed E-state index contributed by atoms with van der Waals surface area (Å²) in [5.74, 6) is 0.623. The lowest BCUT2D eigenvalue weighted by atomic mass is 9.99. The summed E-state index contributed by atoms with van der Waals surface area (Å²) in [6.45, 7) is 4.39. The monoisotopic (exact) mass is 231 g/mol. The molecule has 0 aromatic heterocycles. The van der Waals surface area contributed by atoms with Gasteiger partial charge in [0, 0.05) is 5.75 Å². The van der Waals surface area contributed by atoms with Gasteiger partial charge >= 0.3 is 5.97 Å². The first-order valence-corrected chi connectivity index (χ1v) is 6.84. The van der Waals surface area contributed by atoms with E-state index in [9.17, 15) is 4.79 Å². The Balaban J connectivity index is 2.39. The molecule has 1 aliphatic rings. The molecule has 0 aromatic carbocycles. The lowest BCUT2D eigenvalue weighted by Gasteiger charge is -2.21. The number of carboxylic acids is 1. The molecule has 1 heterocycles. The highest BCUT2D eigenvalue weighted by atomic mass is 32.2. The third-order valence-electron chi connectivity index (χ3n) is 2.99. The Morgan fingerprint density at radius 2 is 2.33 bits per heavy atom. The fraction of sp³-hybridized carbons (Fsp3) is 0.909. The van der Waals surface area contributed by atoms with Crippen LogP contribution >= 0.6 is 11.8 Å². The first kappa shape index (κ1) is 12.8. The van der Waals surface area contributed by atoms with E-state index in [0.29, 0.717) is 17.0 Å². The summed E-state index contributed by atoms with van der Waals surface area (Å²) >= 11 is 1.77. The van der Waals surface area contributed by atoms with Crippen molar-refractivity contribution in [2.24, 2.45) is 5.92 Å². The van der Waals surface area contributed by atoms with Gasteiger partial charge in [-0.1, -0.05) is 33.1 Å². The average Bonchev–Trinajstić information content (AvgIpc) is 2.68. The van der Waals surface area contributed by atoms with Crippen LogP contribution in [0.4, 0.5) is 0 Å². The van der Waals surface area contributed by atoms with Gasteiger partial charge in [0.25, 0.3) is 0 Å². The van der Waals surface area contributed by atoms with E-state index in [1.54, 1.807) is 11.8 Å². The molecular weight excluding hydrogens is 210 g/mol.